The van der Waals surface area contributed by atoms with Gasteiger partial charge in [-0.2, -0.15) is 0 Å². The van der Waals surface area contributed by atoms with Crippen molar-refractivity contribution in [1.82, 2.24) is 20.4 Å². The molecule has 2 rings (SSSR count). The number of rotatable bonds is 3. The van der Waals surface area contributed by atoms with Gasteiger partial charge in [0.25, 0.3) is 5.91 Å². The number of hydrogen-bond donors (Lipinski definition) is 2. The van der Waals surface area contributed by atoms with Crippen molar-refractivity contribution in [2.75, 3.05) is 0 Å². The van der Waals surface area contributed by atoms with Crippen LogP contribution < -0.4 is 10.9 Å². The lowest BCUT2D eigenvalue weighted by molar-refractivity contribution is -0.121. The van der Waals surface area contributed by atoms with E-state index in [1.54, 1.807) is 0 Å². The predicted octanol–water partition coefficient (Wildman–Crippen LogP) is 0.681. The fraction of sp³-hybridized carbons (Fsp3) is 0.0909. The molecule has 1 heterocycles. The second kappa shape index (κ2) is 6.01. The van der Waals surface area contributed by atoms with E-state index < -0.39 is 11.8 Å². The molecular weight excluding hydrogens is 271 g/mol. The van der Waals surface area contributed by atoms with Gasteiger partial charge in [0, 0.05) is 0 Å². The highest BCUT2D eigenvalue weighted by Gasteiger charge is 2.09. The molecule has 8 heteroatoms. The molecule has 6 nitrogen and oxygen atoms in total. The fourth-order valence-electron chi connectivity index (χ4n) is 1.29. The smallest absolute Gasteiger partial charge is 0.273 e. The second-order valence-corrected chi connectivity index (χ2v) is 4.37. The van der Waals surface area contributed by atoms with E-state index in [9.17, 15) is 14.0 Å². The van der Waals surface area contributed by atoms with Crippen LogP contribution in [0.4, 0.5) is 4.39 Å². The molecule has 0 aliphatic carbocycles. The average molecular weight is 280 g/mol. The van der Waals surface area contributed by atoms with Crippen molar-refractivity contribution < 1.29 is 14.0 Å². The Morgan fingerprint density at radius 2 is 1.95 bits per heavy atom. The number of carbonyl (C=O) groups excluding carboxylic acids is 2. The quantitative estimate of drug-likeness (QED) is 0.810. The summed E-state index contributed by atoms with van der Waals surface area (Å²) in [6, 6.07) is 5.54. The Bertz CT molecular complexity index is 571. The van der Waals surface area contributed by atoms with Crippen LogP contribution in [0, 0.1) is 5.82 Å². The Hall–Kier alpha value is -2.35. The van der Waals surface area contributed by atoms with Crippen LogP contribution in [0.1, 0.15) is 15.2 Å². The van der Waals surface area contributed by atoms with Crippen LogP contribution in [0.2, 0.25) is 0 Å². The molecule has 0 saturated heterocycles. The summed E-state index contributed by atoms with van der Waals surface area (Å²) < 4.78 is 16.2. The van der Waals surface area contributed by atoms with E-state index in [4.69, 9.17) is 0 Å². The molecule has 0 bridgehead atoms. The van der Waals surface area contributed by atoms with Gasteiger partial charge >= 0.3 is 0 Å². The lowest BCUT2D eigenvalue weighted by Gasteiger charge is -2.05. The minimum atomic E-state index is -0.484. The zero-order valence-corrected chi connectivity index (χ0v) is 10.4. The highest BCUT2D eigenvalue weighted by Crippen LogP contribution is 2.03. The molecule has 0 spiro atoms. The van der Waals surface area contributed by atoms with Gasteiger partial charge in [0.1, 0.15) is 10.7 Å². The average Bonchev–Trinajstić information content (AvgIpc) is 2.93. The molecule has 1 aromatic heterocycles. The molecule has 2 N–H and O–H groups in total. The molecule has 0 atom stereocenters. The van der Waals surface area contributed by atoms with Gasteiger partial charge in [-0.3, -0.25) is 20.4 Å². The standard InChI is InChI=1S/C11H9FN4O2S/c12-8-3-1-7(2-4-8)5-10(17)14-15-11(18)9-6-13-16-19-9/h1-4,6H,5H2,(H,14,17)(H,15,18). The van der Waals surface area contributed by atoms with E-state index in [2.05, 4.69) is 20.4 Å². The van der Waals surface area contributed by atoms with Gasteiger partial charge in [-0.15, -0.1) is 5.10 Å². The van der Waals surface area contributed by atoms with Crippen LogP contribution in [0.25, 0.3) is 0 Å². The lowest BCUT2D eigenvalue weighted by Crippen LogP contribution is -2.42. The van der Waals surface area contributed by atoms with Crippen molar-refractivity contribution in [3.8, 4) is 0 Å². The van der Waals surface area contributed by atoms with Gasteiger partial charge < -0.3 is 0 Å². The summed E-state index contributed by atoms with van der Waals surface area (Å²) in [7, 11) is 0. The number of amides is 2. The van der Waals surface area contributed by atoms with Crippen LogP contribution >= 0.6 is 11.5 Å². The third-order valence-electron chi connectivity index (χ3n) is 2.18. The molecule has 0 unspecified atom stereocenters. The van der Waals surface area contributed by atoms with Crippen molar-refractivity contribution >= 4 is 23.3 Å². The summed E-state index contributed by atoms with van der Waals surface area (Å²) in [5.74, 6) is -1.25. The minimum absolute atomic E-state index is 0.0432. The number of nitrogens with zero attached hydrogens (tertiary/aromatic N) is 2. The van der Waals surface area contributed by atoms with Gasteiger partial charge in [0.2, 0.25) is 5.91 Å². The molecule has 0 fully saturated rings. The third-order valence-corrected chi connectivity index (χ3v) is 2.84. The molecule has 0 radical (unpaired) electrons. The summed E-state index contributed by atoms with van der Waals surface area (Å²) in [5.41, 5.74) is 5.13. The molecule has 2 amide bonds. The van der Waals surface area contributed by atoms with E-state index in [1.807, 2.05) is 0 Å². The van der Waals surface area contributed by atoms with Gasteiger partial charge in [0.15, 0.2) is 0 Å². The predicted molar refractivity (Wildman–Crippen MR) is 65.6 cm³/mol. The van der Waals surface area contributed by atoms with Crippen molar-refractivity contribution in [3.63, 3.8) is 0 Å². The first kappa shape index (κ1) is 13.1. The monoisotopic (exact) mass is 280 g/mol. The number of halogens is 1. The maximum absolute atomic E-state index is 12.7. The first-order chi connectivity index (χ1) is 9.15. The fourth-order valence-corrected chi connectivity index (χ4v) is 1.70. The highest BCUT2D eigenvalue weighted by atomic mass is 32.1. The Morgan fingerprint density at radius 1 is 1.21 bits per heavy atom. The number of benzene rings is 1. The van der Waals surface area contributed by atoms with E-state index in [0.717, 1.165) is 11.5 Å². The molecule has 0 saturated carbocycles. The largest absolute Gasteiger partial charge is 0.283 e. The number of nitrogens with one attached hydrogen (secondary N) is 2. The number of aromatic nitrogens is 2. The first-order valence-corrected chi connectivity index (χ1v) is 6.03. The second-order valence-electron chi connectivity index (χ2n) is 3.59. The minimum Gasteiger partial charge on any atom is -0.273 e. The van der Waals surface area contributed by atoms with Gasteiger partial charge in [-0.1, -0.05) is 16.6 Å². The van der Waals surface area contributed by atoms with Crippen molar-refractivity contribution in [1.29, 1.82) is 0 Å². The SMILES string of the molecule is O=C(Cc1ccc(F)cc1)NNC(=O)c1cnns1. The van der Waals surface area contributed by atoms with Crippen LogP contribution in [-0.4, -0.2) is 21.4 Å². The van der Waals surface area contributed by atoms with Gasteiger partial charge in [-0.25, -0.2) is 4.39 Å². The Morgan fingerprint density at radius 3 is 2.58 bits per heavy atom. The summed E-state index contributed by atoms with van der Waals surface area (Å²) in [5, 5.41) is 3.51. The van der Waals surface area contributed by atoms with E-state index in [0.29, 0.717) is 10.4 Å². The van der Waals surface area contributed by atoms with Crippen molar-refractivity contribution in [3.05, 3.63) is 46.7 Å². The topological polar surface area (TPSA) is 84.0 Å². The molecule has 0 aliphatic rings. The third kappa shape index (κ3) is 3.81. The molecule has 19 heavy (non-hydrogen) atoms. The normalized spacial score (nSPS) is 9.95. The molecular formula is C11H9FN4O2S. The van der Waals surface area contributed by atoms with Crippen molar-refractivity contribution in [2.45, 2.75) is 6.42 Å². The molecule has 1 aromatic carbocycles. The zero-order chi connectivity index (χ0) is 13.7. The van der Waals surface area contributed by atoms with E-state index >= 15 is 0 Å². The van der Waals surface area contributed by atoms with E-state index in [-0.39, 0.29) is 12.2 Å². The summed E-state index contributed by atoms with van der Waals surface area (Å²) >= 11 is 0.922. The molecule has 0 aliphatic heterocycles. The summed E-state index contributed by atoms with van der Waals surface area (Å²) in [6.07, 6.45) is 1.34. The maximum Gasteiger partial charge on any atom is 0.283 e. The number of hydrogen-bond acceptors (Lipinski definition) is 5. The Balaban J connectivity index is 1.82. The molecule has 2 aromatic rings. The number of carbonyl (C=O) groups is 2. The zero-order valence-electron chi connectivity index (χ0n) is 9.59. The van der Waals surface area contributed by atoms with Crippen molar-refractivity contribution in [2.24, 2.45) is 0 Å². The molecule has 98 valence electrons. The Kier molecular flexibility index (Phi) is 4.14. The number of hydrazine groups is 1. The Labute approximate surface area is 111 Å². The lowest BCUT2D eigenvalue weighted by atomic mass is 10.1. The maximum atomic E-state index is 12.7. The highest BCUT2D eigenvalue weighted by molar-refractivity contribution is 7.07. The van der Waals surface area contributed by atoms with Crippen LogP contribution in [0.3, 0.4) is 0 Å². The first-order valence-electron chi connectivity index (χ1n) is 5.26. The van der Waals surface area contributed by atoms with Gasteiger partial charge in [0.05, 0.1) is 12.6 Å². The summed E-state index contributed by atoms with van der Waals surface area (Å²) in [6.45, 7) is 0. The summed E-state index contributed by atoms with van der Waals surface area (Å²) in [4.78, 5) is 23.3. The van der Waals surface area contributed by atoms with Crippen LogP contribution in [0.15, 0.2) is 30.5 Å². The van der Waals surface area contributed by atoms with Crippen LogP contribution in [0.5, 0.6) is 0 Å². The van der Waals surface area contributed by atoms with Crippen LogP contribution in [-0.2, 0) is 11.2 Å². The van der Waals surface area contributed by atoms with E-state index in [1.165, 1.54) is 30.5 Å². The van der Waals surface area contributed by atoms with Gasteiger partial charge in [-0.05, 0) is 29.2 Å².